The molecule has 0 fully saturated rings. The lowest BCUT2D eigenvalue weighted by Crippen LogP contribution is -2.39. The van der Waals surface area contributed by atoms with E-state index in [4.69, 9.17) is 4.74 Å². The lowest BCUT2D eigenvalue weighted by molar-refractivity contribution is -0.130. The molecular weight excluding hydrogens is 431 g/mol. The highest BCUT2D eigenvalue weighted by molar-refractivity contribution is 5.94. The van der Waals surface area contributed by atoms with Crippen LogP contribution in [-0.2, 0) is 16.0 Å². The Hall–Kier alpha value is -3.67. The van der Waals surface area contributed by atoms with Gasteiger partial charge in [-0.25, -0.2) is 4.39 Å². The van der Waals surface area contributed by atoms with E-state index in [2.05, 4.69) is 11.4 Å². The summed E-state index contributed by atoms with van der Waals surface area (Å²) in [6, 6.07) is 19.5. The molecule has 3 aromatic carbocycles. The Morgan fingerprint density at radius 2 is 1.88 bits per heavy atom. The summed E-state index contributed by atoms with van der Waals surface area (Å²) in [6.45, 7) is 6.16. The summed E-state index contributed by atoms with van der Waals surface area (Å²) >= 11 is 0. The van der Waals surface area contributed by atoms with Crippen LogP contribution in [0.5, 0.6) is 5.75 Å². The van der Waals surface area contributed by atoms with Crippen LogP contribution in [0, 0.1) is 12.7 Å². The Bertz CT molecular complexity index is 1190. The van der Waals surface area contributed by atoms with Gasteiger partial charge >= 0.3 is 0 Å². The van der Waals surface area contributed by atoms with Gasteiger partial charge in [0.05, 0.1) is 6.04 Å². The first-order valence-electron chi connectivity index (χ1n) is 11.6. The Balaban J connectivity index is 1.61. The van der Waals surface area contributed by atoms with E-state index in [1.165, 1.54) is 29.8 Å². The number of hydrogen-bond donors (Lipinski definition) is 1. The largest absolute Gasteiger partial charge is 0.481 e. The number of carbonyl (C=O) groups is 2. The molecule has 5 nitrogen and oxygen atoms in total. The number of halogens is 1. The fraction of sp³-hybridized carbons (Fsp3) is 0.286. The molecule has 0 unspecified atom stereocenters. The average Bonchev–Trinajstić information content (AvgIpc) is 2.82. The number of aryl methyl sites for hydroxylation is 1. The third-order valence-electron chi connectivity index (χ3n) is 6.16. The monoisotopic (exact) mass is 460 g/mol. The number of fused-ring (bicyclic) bond motifs is 1. The average molecular weight is 461 g/mol. The van der Waals surface area contributed by atoms with Crippen molar-refractivity contribution in [1.29, 1.82) is 0 Å². The summed E-state index contributed by atoms with van der Waals surface area (Å²) in [5.74, 6) is -0.0676. The summed E-state index contributed by atoms with van der Waals surface area (Å²) in [5.41, 5.74) is 4.87. The van der Waals surface area contributed by atoms with E-state index in [1.807, 2.05) is 55.1 Å². The van der Waals surface area contributed by atoms with Crippen LogP contribution in [0.15, 0.2) is 66.7 Å². The maximum atomic E-state index is 13.2. The molecule has 0 aromatic heterocycles. The Morgan fingerprint density at radius 3 is 2.56 bits per heavy atom. The molecule has 0 saturated carbocycles. The van der Waals surface area contributed by atoms with Crippen LogP contribution in [0.2, 0.25) is 0 Å². The van der Waals surface area contributed by atoms with Gasteiger partial charge in [0, 0.05) is 19.2 Å². The first-order valence-corrected chi connectivity index (χ1v) is 11.6. The molecule has 0 radical (unpaired) electrons. The van der Waals surface area contributed by atoms with E-state index in [-0.39, 0.29) is 23.7 Å². The second-order valence-electron chi connectivity index (χ2n) is 8.65. The molecule has 1 aliphatic heterocycles. The van der Waals surface area contributed by atoms with E-state index < -0.39 is 6.10 Å². The first kappa shape index (κ1) is 23.5. The summed E-state index contributed by atoms with van der Waals surface area (Å²) in [5, 5.41) is 2.78. The van der Waals surface area contributed by atoms with Crippen LogP contribution in [0.4, 0.5) is 10.1 Å². The Morgan fingerprint density at radius 1 is 1.12 bits per heavy atom. The SMILES string of the molecule is CC[C@@H](Oc1ccc2c(c1)[C@H](c1cccc(C)c1)N(C(C)=O)CC2)C(=O)Nc1ccc(F)cc1. The predicted octanol–water partition coefficient (Wildman–Crippen LogP) is 5.42. The lowest BCUT2D eigenvalue weighted by Gasteiger charge is -2.37. The van der Waals surface area contributed by atoms with E-state index in [0.29, 0.717) is 24.4 Å². The molecule has 2 atom stereocenters. The molecule has 4 rings (SSSR count). The zero-order valence-electron chi connectivity index (χ0n) is 19.7. The third-order valence-corrected chi connectivity index (χ3v) is 6.16. The minimum Gasteiger partial charge on any atom is -0.481 e. The minimum atomic E-state index is -0.715. The van der Waals surface area contributed by atoms with Crippen LogP contribution in [0.3, 0.4) is 0 Å². The molecule has 6 heteroatoms. The summed E-state index contributed by atoms with van der Waals surface area (Å²) in [7, 11) is 0. The molecule has 1 N–H and O–H groups in total. The van der Waals surface area contributed by atoms with Crippen LogP contribution >= 0.6 is 0 Å². The number of anilines is 1. The first-order chi connectivity index (χ1) is 16.4. The molecule has 1 heterocycles. The fourth-order valence-electron chi connectivity index (χ4n) is 4.45. The van der Waals surface area contributed by atoms with Crippen LogP contribution in [0.25, 0.3) is 0 Å². The van der Waals surface area contributed by atoms with Gasteiger partial charge in [0.25, 0.3) is 5.91 Å². The van der Waals surface area contributed by atoms with Crippen molar-refractivity contribution in [2.75, 3.05) is 11.9 Å². The van der Waals surface area contributed by atoms with Crippen molar-refractivity contribution in [3.63, 3.8) is 0 Å². The number of carbonyl (C=O) groups excluding carboxylic acids is 2. The standard InChI is InChI=1S/C28H29FN2O3/c1-4-26(28(33)30-23-11-9-22(29)10-12-23)34-24-13-8-20-14-15-31(19(3)32)27(25(20)17-24)21-7-5-6-18(2)16-21/h5-13,16-17,26-27H,4,14-15H2,1-3H3,(H,30,33)/t26-,27+/m1/s1. The number of benzene rings is 3. The number of hydrogen-bond acceptors (Lipinski definition) is 3. The molecular formula is C28H29FN2O3. The second kappa shape index (κ2) is 10.1. The Kier molecular flexibility index (Phi) is 6.96. The molecule has 0 bridgehead atoms. The molecule has 1 aliphatic rings. The topological polar surface area (TPSA) is 58.6 Å². The van der Waals surface area contributed by atoms with E-state index in [0.717, 1.165) is 23.1 Å². The molecule has 2 amide bonds. The van der Waals surface area contributed by atoms with Crippen LogP contribution in [-0.4, -0.2) is 29.4 Å². The predicted molar refractivity (Wildman–Crippen MR) is 130 cm³/mol. The highest BCUT2D eigenvalue weighted by atomic mass is 19.1. The highest BCUT2D eigenvalue weighted by Gasteiger charge is 2.31. The van der Waals surface area contributed by atoms with Crippen LogP contribution < -0.4 is 10.1 Å². The van der Waals surface area contributed by atoms with Gasteiger partial charge in [-0.05, 0) is 72.9 Å². The van der Waals surface area contributed by atoms with Crippen LogP contribution in [0.1, 0.15) is 48.6 Å². The van der Waals surface area contributed by atoms with Crippen molar-refractivity contribution in [2.24, 2.45) is 0 Å². The van der Waals surface area contributed by atoms with Crippen molar-refractivity contribution in [2.45, 2.75) is 45.8 Å². The summed E-state index contributed by atoms with van der Waals surface area (Å²) in [4.78, 5) is 27.2. The molecule has 0 aliphatic carbocycles. The maximum absolute atomic E-state index is 13.2. The summed E-state index contributed by atoms with van der Waals surface area (Å²) < 4.78 is 19.3. The molecule has 3 aromatic rings. The van der Waals surface area contributed by atoms with Gasteiger partial charge in [0.1, 0.15) is 11.6 Å². The number of ether oxygens (including phenoxy) is 1. The molecule has 34 heavy (non-hydrogen) atoms. The van der Waals surface area contributed by atoms with Gasteiger partial charge in [-0.2, -0.15) is 0 Å². The van der Waals surface area contributed by atoms with Gasteiger partial charge in [-0.15, -0.1) is 0 Å². The zero-order valence-corrected chi connectivity index (χ0v) is 19.7. The number of nitrogens with zero attached hydrogens (tertiary/aromatic N) is 1. The Labute approximate surface area is 199 Å². The minimum absolute atomic E-state index is 0.0218. The zero-order chi connectivity index (χ0) is 24.2. The van der Waals surface area contributed by atoms with Gasteiger partial charge in [-0.1, -0.05) is 42.8 Å². The van der Waals surface area contributed by atoms with Gasteiger partial charge in [-0.3, -0.25) is 9.59 Å². The van der Waals surface area contributed by atoms with Crippen molar-refractivity contribution < 1.29 is 18.7 Å². The fourth-order valence-corrected chi connectivity index (χ4v) is 4.45. The third kappa shape index (κ3) is 5.11. The lowest BCUT2D eigenvalue weighted by atomic mass is 9.87. The van der Waals surface area contributed by atoms with Gasteiger partial charge in [0.15, 0.2) is 6.10 Å². The van der Waals surface area contributed by atoms with E-state index in [9.17, 15) is 14.0 Å². The van der Waals surface area contributed by atoms with Gasteiger partial charge < -0.3 is 15.0 Å². The quantitative estimate of drug-likeness (QED) is 0.534. The summed E-state index contributed by atoms with van der Waals surface area (Å²) in [6.07, 6.45) is 0.512. The molecule has 0 spiro atoms. The highest BCUT2D eigenvalue weighted by Crippen LogP contribution is 2.37. The van der Waals surface area contributed by atoms with Crippen molar-refractivity contribution in [3.05, 3.63) is 94.8 Å². The van der Waals surface area contributed by atoms with Crippen molar-refractivity contribution in [3.8, 4) is 5.75 Å². The molecule has 0 saturated heterocycles. The second-order valence-corrected chi connectivity index (χ2v) is 8.65. The van der Waals surface area contributed by atoms with Crippen molar-refractivity contribution in [1.82, 2.24) is 4.90 Å². The molecule has 176 valence electrons. The van der Waals surface area contributed by atoms with E-state index >= 15 is 0 Å². The smallest absolute Gasteiger partial charge is 0.265 e. The van der Waals surface area contributed by atoms with E-state index in [1.54, 1.807) is 6.92 Å². The maximum Gasteiger partial charge on any atom is 0.265 e. The van der Waals surface area contributed by atoms with Crippen molar-refractivity contribution >= 4 is 17.5 Å². The number of amides is 2. The normalized spacial score (nSPS) is 15.9. The number of rotatable bonds is 6. The van der Waals surface area contributed by atoms with Gasteiger partial charge in [0.2, 0.25) is 5.91 Å². The number of nitrogens with one attached hydrogen (secondary N) is 1.